The van der Waals surface area contributed by atoms with Crippen molar-refractivity contribution in [1.82, 2.24) is 15.1 Å². The van der Waals surface area contributed by atoms with Crippen LogP contribution in [0.4, 0.5) is 0 Å². The fourth-order valence-corrected chi connectivity index (χ4v) is 2.43. The SMILES string of the molecule is CCNC1CCN(C2CC(=O)N(C)C2=O)C1=O. The molecule has 2 heterocycles. The molecule has 94 valence electrons. The van der Waals surface area contributed by atoms with Crippen LogP contribution in [0.3, 0.4) is 0 Å². The van der Waals surface area contributed by atoms with Gasteiger partial charge in [-0.3, -0.25) is 19.3 Å². The number of hydrogen-bond acceptors (Lipinski definition) is 4. The van der Waals surface area contributed by atoms with Crippen molar-refractivity contribution in [2.24, 2.45) is 0 Å². The largest absolute Gasteiger partial charge is 0.329 e. The summed E-state index contributed by atoms with van der Waals surface area (Å²) in [6, 6.07) is -0.780. The number of carbonyl (C=O) groups is 3. The molecule has 0 radical (unpaired) electrons. The normalized spacial score (nSPS) is 29.6. The molecule has 2 saturated heterocycles. The third-order valence-corrected chi connectivity index (χ3v) is 3.42. The van der Waals surface area contributed by atoms with E-state index in [1.807, 2.05) is 6.92 Å². The summed E-state index contributed by atoms with van der Waals surface area (Å²) in [4.78, 5) is 37.9. The first-order valence-corrected chi connectivity index (χ1v) is 5.90. The molecule has 0 aliphatic carbocycles. The molecule has 0 aromatic rings. The van der Waals surface area contributed by atoms with Crippen LogP contribution in [0.5, 0.6) is 0 Å². The fraction of sp³-hybridized carbons (Fsp3) is 0.727. The minimum atomic E-state index is -0.580. The molecule has 2 aliphatic heterocycles. The predicted octanol–water partition coefficient (Wildman–Crippen LogP) is -1.05. The lowest BCUT2D eigenvalue weighted by atomic mass is 10.2. The molecule has 0 aromatic heterocycles. The van der Waals surface area contributed by atoms with Crippen molar-refractivity contribution in [3.05, 3.63) is 0 Å². The maximum absolute atomic E-state index is 12.0. The van der Waals surface area contributed by atoms with E-state index in [-0.39, 0.29) is 30.2 Å². The molecule has 2 unspecified atom stereocenters. The molecule has 2 rings (SSSR count). The van der Waals surface area contributed by atoms with Crippen LogP contribution < -0.4 is 5.32 Å². The monoisotopic (exact) mass is 239 g/mol. The Kier molecular flexibility index (Phi) is 3.15. The van der Waals surface area contributed by atoms with Crippen LogP contribution in [0.2, 0.25) is 0 Å². The van der Waals surface area contributed by atoms with Gasteiger partial charge < -0.3 is 10.2 Å². The summed E-state index contributed by atoms with van der Waals surface area (Å²) >= 11 is 0. The zero-order valence-electron chi connectivity index (χ0n) is 10.1. The number of nitrogens with zero attached hydrogens (tertiary/aromatic N) is 2. The average molecular weight is 239 g/mol. The summed E-state index contributed by atoms with van der Waals surface area (Å²) in [5.74, 6) is -0.534. The molecule has 0 bridgehead atoms. The highest BCUT2D eigenvalue weighted by molar-refractivity contribution is 6.07. The quantitative estimate of drug-likeness (QED) is 0.638. The standard InChI is InChI=1S/C11H17N3O3/c1-3-12-7-4-5-14(10(7)16)8-6-9(15)13(2)11(8)17/h7-8,12H,3-6H2,1-2H3. The van der Waals surface area contributed by atoms with E-state index in [9.17, 15) is 14.4 Å². The Morgan fingerprint density at radius 2 is 2.00 bits per heavy atom. The van der Waals surface area contributed by atoms with E-state index in [1.54, 1.807) is 0 Å². The summed E-state index contributed by atoms with van der Waals surface area (Å²) in [6.07, 6.45) is 0.828. The summed E-state index contributed by atoms with van der Waals surface area (Å²) < 4.78 is 0. The van der Waals surface area contributed by atoms with Gasteiger partial charge in [-0.15, -0.1) is 0 Å². The van der Waals surface area contributed by atoms with E-state index in [1.165, 1.54) is 11.9 Å². The molecular formula is C11H17N3O3. The first-order chi connectivity index (χ1) is 8.06. The van der Waals surface area contributed by atoms with Crippen LogP contribution in [-0.2, 0) is 14.4 Å². The summed E-state index contributed by atoms with van der Waals surface area (Å²) in [5.41, 5.74) is 0. The van der Waals surface area contributed by atoms with Gasteiger partial charge in [-0.1, -0.05) is 6.92 Å². The Labute approximate surface area is 99.9 Å². The zero-order chi connectivity index (χ0) is 12.6. The van der Waals surface area contributed by atoms with Gasteiger partial charge >= 0.3 is 0 Å². The van der Waals surface area contributed by atoms with E-state index in [2.05, 4.69) is 5.32 Å². The highest BCUT2D eigenvalue weighted by Crippen LogP contribution is 2.22. The van der Waals surface area contributed by atoms with Crippen molar-refractivity contribution in [2.45, 2.75) is 31.8 Å². The molecule has 0 aromatic carbocycles. The number of amides is 3. The van der Waals surface area contributed by atoms with Gasteiger partial charge in [0.2, 0.25) is 11.8 Å². The number of rotatable bonds is 3. The second-order valence-electron chi connectivity index (χ2n) is 4.44. The summed E-state index contributed by atoms with van der Waals surface area (Å²) in [7, 11) is 1.47. The van der Waals surface area contributed by atoms with Gasteiger partial charge in [-0.2, -0.15) is 0 Å². The first-order valence-electron chi connectivity index (χ1n) is 5.90. The van der Waals surface area contributed by atoms with Crippen molar-refractivity contribution in [3.63, 3.8) is 0 Å². The Morgan fingerprint density at radius 3 is 2.53 bits per heavy atom. The molecule has 2 atom stereocenters. The Balaban J connectivity index is 2.08. The van der Waals surface area contributed by atoms with Gasteiger partial charge in [0.1, 0.15) is 6.04 Å². The van der Waals surface area contributed by atoms with Crippen molar-refractivity contribution in [1.29, 1.82) is 0 Å². The average Bonchev–Trinajstić information content (AvgIpc) is 2.77. The van der Waals surface area contributed by atoms with Crippen LogP contribution in [0.25, 0.3) is 0 Å². The van der Waals surface area contributed by atoms with Gasteiger partial charge in [-0.05, 0) is 13.0 Å². The minimum Gasteiger partial charge on any atom is -0.329 e. The van der Waals surface area contributed by atoms with E-state index in [4.69, 9.17) is 0 Å². The molecule has 1 N–H and O–H groups in total. The van der Waals surface area contributed by atoms with E-state index >= 15 is 0 Å². The number of hydrogen-bond donors (Lipinski definition) is 1. The molecule has 3 amide bonds. The second-order valence-corrected chi connectivity index (χ2v) is 4.44. The van der Waals surface area contributed by atoms with Crippen LogP contribution in [0, 0.1) is 0 Å². The number of likely N-dealkylation sites (tertiary alicyclic amines) is 2. The van der Waals surface area contributed by atoms with Crippen molar-refractivity contribution in [2.75, 3.05) is 20.1 Å². The van der Waals surface area contributed by atoms with Crippen molar-refractivity contribution >= 4 is 17.7 Å². The summed E-state index contributed by atoms with van der Waals surface area (Å²) in [6.45, 7) is 3.21. The van der Waals surface area contributed by atoms with E-state index in [0.29, 0.717) is 13.0 Å². The van der Waals surface area contributed by atoms with Gasteiger partial charge in [-0.25, -0.2) is 0 Å². The molecule has 6 heteroatoms. The lowest BCUT2D eigenvalue weighted by molar-refractivity contribution is -0.141. The maximum atomic E-state index is 12.0. The van der Waals surface area contributed by atoms with E-state index < -0.39 is 6.04 Å². The van der Waals surface area contributed by atoms with Gasteiger partial charge in [0.05, 0.1) is 12.5 Å². The predicted molar refractivity (Wildman–Crippen MR) is 60.0 cm³/mol. The highest BCUT2D eigenvalue weighted by atomic mass is 16.2. The van der Waals surface area contributed by atoms with Gasteiger partial charge in [0.25, 0.3) is 5.91 Å². The zero-order valence-corrected chi connectivity index (χ0v) is 10.1. The molecule has 2 aliphatic rings. The molecule has 17 heavy (non-hydrogen) atoms. The maximum Gasteiger partial charge on any atom is 0.252 e. The Morgan fingerprint density at radius 1 is 1.29 bits per heavy atom. The topological polar surface area (TPSA) is 69.7 Å². The molecule has 0 spiro atoms. The third-order valence-electron chi connectivity index (χ3n) is 3.42. The van der Waals surface area contributed by atoms with Crippen molar-refractivity contribution < 1.29 is 14.4 Å². The first kappa shape index (κ1) is 12.0. The lowest BCUT2D eigenvalue weighted by Crippen LogP contribution is -2.45. The molecule has 0 saturated carbocycles. The van der Waals surface area contributed by atoms with Crippen LogP contribution in [0.15, 0.2) is 0 Å². The molecule has 6 nitrogen and oxygen atoms in total. The number of imide groups is 1. The number of likely N-dealkylation sites (N-methyl/N-ethyl adjacent to an activating group) is 2. The van der Waals surface area contributed by atoms with Crippen molar-refractivity contribution in [3.8, 4) is 0 Å². The third kappa shape index (κ3) is 1.93. The van der Waals surface area contributed by atoms with Crippen LogP contribution in [0.1, 0.15) is 19.8 Å². The van der Waals surface area contributed by atoms with Crippen LogP contribution in [-0.4, -0.2) is 59.7 Å². The highest BCUT2D eigenvalue weighted by Gasteiger charge is 2.45. The molecule has 2 fully saturated rings. The number of carbonyl (C=O) groups excluding carboxylic acids is 3. The minimum absolute atomic E-state index is 0.0618. The second kappa shape index (κ2) is 4.44. The fourth-order valence-electron chi connectivity index (χ4n) is 2.43. The van der Waals surface area contributed by atoms with Gasteiger partial charge in [0, 0.05) is 13.6 Å². The Hall–Kier alpha value is -1.43. The van der Waals surface area contributed by atoms with Gasteiger partial charge in [0.15, 0.2) is 0 Å². The smallest absolute Gasteiger partial charge is 0.252 e. The molecular weight excluding hydrogens is 222 g/mol. The lowest BCUT2D eigenvalue weighted by Gasteiger charge is -2.22. The number of nitrogens with one attached hydrogen (secondary N) is 1. The summed E-state index contributed by atoms with van der Waals surface area (Å²) in [5, 5.41) is 3.08. The van der Waals surface area contributed by atoms with E-state index in [0.717, 1.165) is 11.4 Å². The Bertz CT molecular complexity index is 369. The van der Waals surface area contributed by atoms with Crippen LogP contribution >= 0.6 is 0 Å².